The summed E-state index contributed by atoms with van der Waals surface area (Å²) >= 11 is 6.35. The Morgan fingerprint density at radius 2 is 2.21 bits per heavy atom. The Bertz CT molecular complexity index is 640. The Balaban J connectivity index is 2.05. The average Bonchev–Trinajstić information content (AvgIpc) is 3.23. The molecule has 1 fully saturated rings. The van der Waals surface area contributed by atoms with Gasteiger partial charge < -0.3 is 0 Å². The average molecular weight is 277 g/mol. The molecule has 5 heteroatoms. The van der Waals surface area contributed by atoms with Crippen LogP contribution in [0.4, 0.5) is 5.69 Å². The third-order valence-corrected chi connectivity index (χ3v) is 4.09. The van der Waals surface area contributed by atoms with Gasteiger partial charge in [0.1, 0.15) is 0 Å². The van der Waals surface area contributed by atoms with E-state index in [4.69, 9.17) is 11.6 Å². The Labute approximate surface area is 115 Å². The van der Waals surface area contributed by atoms with Gasteiger partial charge in [-0.2, -0.15) is 0 Å². The van der Waals surface area contributed by atoms with Crippen molar-refractivity contribution < 1.29 is 4.92 Å². The predicted molar refractivity (Wildman–Crippen MR) is 74.5 cm³/mol. The molecule has 4 nitrogen and oxygen atoms in total. The maximum Gasteiger partial charge on any atom is 0.278 e. The number of alkyl halides is 1. The topological polar surface area (TPSA) is 56.0 Å². The minimum Gasteiger partial charge on any atom is -0.258 e. The fourth-order valence-corrected chi connectivity index (χ4v) is 2.79. The Hall–Kier alpha value is -1.68. The van der Waals surface area contributed by atoms with Crippen LogP contribution in [0.25, 0.3) is 10.9 Å². The fraction of sp³-hybridized carbons (Fsp3) is 0.357. The zero-order valence-corrected chi connectivity index (χ0v) is 11.0. The van der Waals surface area contributed by atoms with E-state index in [1.54, 1.807) is 30.5 Å². The molecule has 1 aliphatic rings. The highest BCUT2D eigenvalue weighted by molar-refractivity contribution is 6.21. The number of nitro groups is 1. The van der Waals surface area contributed by atoms with E-state index in [1.165, 1.54) is 12.8 Å². The molecule has 0 aliphatic heterocycles. The molecule has 0 N–H and O–H groups in total. The first-order valence-corrected chi connectivity index (χ1v) is 6.75. The van der Waals surface area contributed by atoms with Crippen molar-refractivity contribution in [2.45, 2.75) is 24.6 Å². The molecule has 1 saturated carbocycles. The van der Waals surface area contributed by atoms with Crippen LogP contribution >= 0.6 is 11.6 Å². The van der Waals surface area contributed by atoms with E-state index in [1.807, 2.05) is 0 Å². The van der Waals surface area contributed by atoms with Crippen molar-refractivity contribution in [3.8, 4) is 0 Å². The van der Waals surface area contributed by atoms with Gasteiger partial charge in [0.15, 0.2) is 0 Å². The molecule has 0 bridgehead atoms. The van der Waals surface area contributed by atoms with Gasteiger partial charge in [-0.05, 0) is 48.9 Å². The number of aromatic nitrogens is 1. The molecule has 1 aromatic carbocycles. The molecule has 1 aliphatic carbocycles. The highest BCUT2D eigenvalue weighted by Gasteiger charge is 2.30. The standard InChI is InChI=1S/C14H13ClN2O2/c15-12(9-3-4-9)8-10-5-6-13(17(18)19)11-2-1-7-16-14(10)11/h1-2,5-7,9,12H,3-4,8H2. The highest BCUT2D eigenvalue weighted by Crippen LogP contribution is 2.38. The number of rotatable bonds is 4. The zero-order valence-electron chi connectivity index (χ0n) is 10.3. The number of nitrogens with zero attached hydrogens (tertiary/aromatic N) is 2. The summed E-state index contributed by atoms with van der Waals surface area (Å²) < 4.78 is 0. The van der Waals surface area contributed by atoms with Crippen molar-refractivity contribution in [2.24, 2.45) is 5.92 Å². The zero-order chi connectivity index (χ0) is 13.4. The second kappa shape index (κ2) is 4.78. The summed E-state index contributed by atoms with van der Waals surface area (Å²) in [7, 11) is 0. The number of fused-ring (bicyclic) bond motifs is 1. The molecule has 3 rings (SSSR count). The van der Waals surface area contributed by atoms with Crippen LogP contribution in [-0.2, 0) is 6.42 Å². The van der Waals surface area contributed by atoms with Crippen LogP contribution in [0.1, 0.15) is 18.4 Å². The molecular weight excluding hydrogens is 264 g/mol. The molecule has 1 heterocycles. The summed E-state index contributed by atoms with van der Waals surface area (Å²) in [6.07, 6.45) is 4.76. The van der Waals surface area contributed by atoms with Crippen LogP contribution in [-0.4, -0.2) is 15.3 Å². The lowest BCUT2D eigenvalue weighted by atomic mass is 10.0. The number of hydrogen-bond acceptors (Lipinski definition) is 3. The Kier molecular flexibility index (Phi) is 3.11. The molecule has 0 spiro atoms. The Morgan fingerprint density at radius 1 is 1.42 bits per heavy atom. The number of halogens is 1. The molecule has 98 valence electrons. The normalized spacial score (nSPS) is 16.5. The van der Waals surface area contributed by atoms with Crippen molar-refractivity contribution in [1.82, 2.24) is 4.98 Å². The van der Waals surface area contributed by atoms with E-state index < -0.39 is 0 Å². The van der Waals surface area contributed by atoms with Crippen LogP contribution in [0, 0.1) is 16.0 Å². The molecule has 0 radical (unpaired) electrons. The first-order valence-electron chi connectivity index (χ1n) is 6.32. The number of nitro benzene ring substituents is 1. The summed E-state index contributed by atoms with van der Waals surface area (Å²) in [5.41, 5.74) is 1.79. The maximum atomic E-state index is 11.0. The van der Waals surface area contributed by atoms with Gasteiger partial charge in [0.05, 0.1) is 15.8 Å². The van der Waals surface area contributed by atoms with Crippen LogP contribution in [0.15, 0.2) is 30.5 Å². The SMILES string of the molecule is O=[N+]([O-])c1ccc(CC(Cl)C2CC2)c2ncccc12. The van der Waals surface area contributed by atoms with E-state index >= 15 is 0 Å². The van der Waals surface area contributed by atoms with E-state index in [-0.39, 0.29) is 16.0 Å². The third-order valence-electron chi connectivity index (χ3n) is 3.58. The highest BCUT2D eigenvalue weighted by atomic mass is 35.5. The van der Waals surface area contributed by atoms with Gasteiger partial charge >= 0.3 is 0 Å². The van der Waals surface area contributed by atoms with Gasteiger partial charge in [0, 0.05) is 17.6 Å². The molecule has 0 amide bonds. The first kappa shape index (κ1) is 12.4. The van der Waals surface area contributed by atoms with Crippen LogP contribution in [0.2, 0.25) is 0 Å². The van der Waals surface area contributed by atoms with Crippen molar-refractivity contribution >= 4 is 28.2 Å². The quantitative estimate of drug-likeness (QED) is 0.486. The van der Waals surface area contributed by atoms with Gasteiger partial charge in [0.2, 0.25) is 0 Å². The summed E-state index contributed by atoms with van der Waals surface area (Å²) in [4.78, 5) is 14.9. The number of hydrogen-bond donors (Lipinski definition) is 0. The molecule has 0 saturated heterocycles. The van der Waals surface area contributed by atoms with Crippen LogP contribution in [0.5, 0.6) is 0 Å². The van der Waals surface area contributed by atoms with E-state index in [0.717, 1.165) is 12.0 Å². The van der Waals surface area contributed by atoms with Gasteiger partial charge in [0.25, 0.3) is 5.69 Å². The van der Waals surface area contributed by atoms with E-state index in [2.05, 4.69) is 4.98 Å². The van der Waals surface area contributed by atoms with Crippen LogP contribution in [0.3, 0.4) is 0 Å². The van der Waals surface area contributed by atoms with Gasteiger partial charge in [-0.25, -0.2) is 0 Å². The smallest absolute Gasteiger partial charge is 0.258 e. The van der Waals surface area contributed by atoms with Gasteiger partial charge in [-0.1, -0.05) is 0 Å². The van der Waals surface area contributed by atoms with Crippen molar-refractivity contribution in [2.75, 3.05) is 0 Å². The van der Waals surface area contributed by atoms with Gasteiger partial charge in [-0.15, -0.1) is 11.6 Å². The molecular formula is C14H13ClN2O2. The van der Waals surface area contributed by atoms with Crippen molar-refractivity contribution in [3.05, 3.63) is 46.1 Å². The minimum absolute atomic E-state index is 0.101. The molecule has 1 aromatic heterocycles. The summed E-state index contributed by atoms with van der Waals surface area (Å²) in [6, 6.07) is 6.80. The van der Waals surface area contributed by atoms with E-state index in [0.29, 0.717) is 16.8 Å². The van der Waals surface area contributed by atoms with Gasteiger partial charge in [-0.3, -0.25) is 15.1 Å². The molecule has 2 aromatic rings. The number of non-ortho nitro benzene ring substituents is 1. The lowest BCUT2D eigenvalue weighted by Gasteiger charge is -2.10. The second-order valence-corrected chi connectivity index (χ2v) is 5.52. The van der Waals surface area contributed by atoms with Crippen LogP contribution < -0.4 is 0 Å². The van der Waals surface area contributed by atoms with Crippen molar-refractivity contribution in [3.63, 3.8) is 0 Å². The molecule has 1 unspecified atom stereocenters. The third kappa shape index (κ3) is 2.40. The Morgan fingerprint density at radius 3 is 2.89 bits per heavy atom. The second-order valence-electron chi connectivity index (χ2n) is 4.96. The molecule has 1 atom stereocenters. The summed E-state index contributed by atoms with van der Waals surface area (Å²) in [6.45, 7) is 0. The minimum atomic E-state index is -0.368. The summed E-state index contributed by atoms with van der Waals surface area (Å²) in [5, 5.41) is 11.7. The number of benzene rings is 1. The summed E-state index contributed by atoms with van der Waals surface area (Å²) in [5.74, 6) is 0.593. The van der Waals surface area contributed by atoms with E-state index in [9.17, 15) is 10.1 Å². The number of pyridine rings is 1. The van der Waals surface area contributed by atoms with Crippen molar-refractivity contribution in [1.29, 1.82) is 0 Å². The fourth-order valence-electron chi connectivity index (χ4n) is 2.37. The lowest BCUT2D eigenvalue weighted by Crippen LogP contribution is -2.07. The maximum absolute atomic E-state index is 11.0. The largest absolute Gasteiger partial charge is 0.278 e. The monoisotopic (exact) mass is 276 g/mol. The predicted octanol–water partition coefficient (Wildman–Crippen LogP) is 3.70. The molecule has 19 heavy (non-hydrogen) atoms. The first-order chi connectivity index (χ1) is 9.16. The lowest BCUT2D eigenvalue weighted by molar-refractivity contribution is -0.383.